The number of fused-ring (bicyclic) bond motifs is 1. The zero-order valence-corrected chi connectivity index (χ0v) is 13.6. The van der Waals surface area contributed by atoms with E-state index in [1.165, 1.54) is 6.07 Å². The van der Waals surface area contributed by atoms with E-state index in [1.807, 2.05) is 0 Å². The lowest BCUT2D eigenvalue weighted by atomic mass is 9.65. The molecule has 1 aliphatic carbocycles. The van der Waals surface area contributed by atoms with Crippen LogP contribution in [0.25, 0.3) is 0 Å². The van der Waals surface area contributed by atoms with E-state index in [-0.39, 0.29) is 17.2 Å². The molecule has 1 aliphatic heterocycles. The van der Waals surface area contributed by atoms with Crippen molar-refractivity contribution >= 4 is 15.9 Å². The second kappa shape index (κ2) is 4.79. The van der Waals surface area contributed by atoms with Gasteiger partial charge in [-0.1, -0.05) is 29.8 Å². The third kappa shape index (κ3) is 1.88. The van der Waals surface area contributed by atoms with Gasteiger partial charge in [0, 0.05) is 15.5 Å². The first-order valence-corrected chi connectivity index (χ1v) is 8.07. The van der Waals surface area contributed by atoms with Gasteiger partial charge in [0.05, 0.1) is 5.60 Å². The highest BCUT2D eigenvalue weighted by molar-refractivity contribution is 9.10. The maximum Gasteiger partial charge on any atom is 0.126 e. The highest BCUT2D eigenvalue weighted by Gasteiger charge is 2.57. The molecule has 1 aromatic rings. The van der Waals surface area contributed by atoms with Crippen molar-refractivity contribution in [1.82, 2.24) is 5.32 Å². The van der Waals surface area contributed by atoms with Crippen LogP contribution < -0.4 is 5.32 Å². The molecular formula is C16H21BrFNO. The zero-order valence-electron chi connectivity index (χ0n) is 12.0. The van der Waals surface area contributed by atoms with Crippen molar-refractivity contribution in [3.05, 3.63) is 33.5 Å². The summed E-state index contributed by atoms with van der Waals surface area (Å²) in [6.07, 6.45) is 2.46. The summed E-state index contributed by atoms with van der Waals surface area (Å²) in [5.41, 5.74) is 0.174. The first kappa shape index (κ1) is 14.5. The smallest absolute Gasteiger partial charge is 0.126 e. The van der Waals surface area contributed by atoms with E-state index in [1.54, 1.807) is 6.07 Å². The molecule has 0 bridgehead atoms. The summed E-state index contributed by atoms with van der Waals surface area (Å²) in [4.78, 5) is 0. The maximum atomic E-state index is 14.2. The molecule has 1 atom stereocenters. The van der Waals surface area contributed by atoms with Gasteiger partial charge in [-0.15, -0.1) is 0 Å². The summed E-state index contributed by atoms with van der Waals surface area (Å²) in [6, 6.07) is 3.22. The van der Waals surface area contributed by atoms with Crippen LogP contribution in [0.4, 0.5) is 4.39 Å². The van der Waals surface area contributed by atoms with E-state index in [4.69, 9.17) is 0 Å². The molecule has 3 rings (SSSR count). The van der Waals surface area contributed by atoms with Gasteiger partial charge in [-0.05, 0) is 56.0 Å². The normalized spacial score (nSPS) is 29.4. The van der Waals surface area contributed by atoms with Gasteiger partial charge in [-0.2, -0.15) is 0 Å². The molecule has 0 saturated carbocycles. The Morgan fingerprint density at radius 1 is 1.30 bits per heavy atom. The Bertz CT molecular complexity index is 540. The number of nitrogens with one attached hydrogen (secondary N) is 1. The summed E-state index contributed by atoms with van der Waals surface area (Å²) in [5.74, 6) is -0.0146. The third-order valence-electron chi connectivity index (χ3n) is 5.17. The van der Waals surface area contributed by atoms with E-state index >= 15 is 0 Å². The summed E-state index contributed by atoms with van der Waals surface area (Å²) in [7, 11) is 0. The Morgan fingerprint density at radius 2 is 1.95 bits per heavy atom. The Morgan fingerprint density at radius 3 is 2.60 bits per heavy atom. The summed E-state index contributed by atoms with van der Waals surface area (Å²) >= 11 is 3.53. The Hall–Kier alpha value is -0.450. The average molecular weight is 342 g/mol. The first-order chi connectivity index (χ1) is 9.38. The molecule has 1 heterocycles. The summed E-state index contributed by atoms with van der Waals surface area (Å²) in [6.45, 7) is 5.96. The maximum absolute atomic E-state index is 14.2. The molecule has 0 amide bonds. The molecular weight excluding hydrogens is 321 g/mol. The molecule has 1 fully saturated rings. The third-order valence-corrected chi connectivity index (χ3v) is 5.83. The number of benzene rings is 1. The Kier molecular flexibility index (Phi) is 3.47. The monoisotopic (exact) mass is 341 g/mol. The standard InChI is InChI=1S/C16H21BrFNO/c1-15(2)9-11-13(18)4-3-12(17)14(11)16(15,20)10-5-7-19-8-6-10/h3-4,10,19-20H,5-9H2,1-2H3. The molecule has 0 spiro atoms. The van der Waals surface area contributed by atoms with Gasteiger partial charge in [-0.3, -0.25) is 0 Å². The SMILES string of the molecule is CC1(C)Cc2c(F)ccc(Br)c2C1(O)C1CCNCC1. The van der Waals surface area contributed by atoms with Crippen molar-refractivity contribution in [2.24, 2.45) is 11.3 Å². The predicted octanol–water partition coefficient (Wildman–Crippen LogP) is 3.36. The molecule has 110 valence electrons. The molecule has 4 heteroatoms. The van der Waals surface area contributed by atoms with Crippen molar-refractivity contribution in [2.45, 2.75) is 38.7 Å². The van der Waals surface area contributed by atoms with Crippen LogP contribution in [0.1, 0.15) is 37.8 Å². The largest absolute Gasteiger partial charge is 0.384 e. The average Bonchev–Trinajstić information content (AvgIpc) is 2.65. The molecule has 2 aliphatic rings. The second-order valence-corrected chi connectivity index (χ2v) is 7.59. The highest BCUT2D eigenvalue weighted by Crippen LogP contribution is 2.58. The number of aliphatic hydroxyl groups is 1. The van der Waals surface area contributed by atoms with Crippen LogP contribution in [0.15, 0.2) is 16.6 Å². The molecule has 1 unspecified atom stereocenters. The Labute approximate surface area is 127 Å². The van der Waals surface area contributed by atoms with E-state index in [9.17, 15) is 9.50 Å². The molecule has 0 aromatic heterocycles. The summed E-state index contributed by atoms with van der Waals surface area (Å²) < 4.78 is 15.0. The van der Waals surface area contributed by atoms with E-state index in [0.29, 0.717) is 12.0 Å². The molecule has 20 heavy (non-hydrogen) atoms. The fraction of sp³-hybridized carbons (Fsp3) is 0.625. The number of piperidine rings is 1. The van der Waals surface area contributed by atoms with Crippen LogP contribution in [0.3, 0.4) is 0 Å². The van der Waals surface area contributed by atoms with Crippen molar-refractivity contribution in [2.75, 3.05) is 13.1 Å². The van der Waals surface area contributed by atoms with Crippen LogP contribution in [0.5, 0.6) is 0 Å². The molecule has 1 aromatic carbocycles. The van der Waals surface area contributed by atoms with Crippen LogP contribution in [-0.2, 0) is 12.0 Å². The van der Waals surface area contributed by atoms with Crippen LogP contribution in [-0.4, -0.2) is 18.2 Å². The highest BCUT2D eigenvalue weighted by atomic mass is 79.9. The summed E-state index contributed by atoms with van der Waals surface area (Å²) in [5, 5.41) is 14.9. The lowest BCUT2D eigenvalue weighted by molar-refractivity contribution is -0.116. The lowest BCUT2D eigenvalue weighted by Crippen LogP contribution is -2.48. The number of halogens is 2. The predicted molar refractivity (Wildman–Crippen MR) is 81.1 cm³/mol. The van der Waals surface area contributed by atoms with E-state index in [0.717, 1.165) is 36.0 Å². The number of rotatable bonds is 1. The molecule has 1 saturated heterocycles. The fourth-order valence-electron chi connectivity index (χ4n) is 4.09. The Balaban J connectivity index is 2.17. The van der Waals surface area contributed by atoms with Gasteiger partial charge < -0.3 is 10.4 Å². The number of hydrogen-bond donors (Lipinski definition) is 2. The van der Waals surface area contributed by atoms with E-state index < -0.39 is 5.60 Å². The molecule has 2 nitrogen and oxygen atoms in total. The van der Waals surface area contributed by atoms with Gasteiger partial charge in [0.2, 0.25) is 0 Å². The molecule has 0 radical (unpaired) electrons. The van der Waals surface area contributed by atoms with Crippen LogP contribution in [0.2, 0.25) is 0 Å². The van der Waals surface area contributed by atoms with Crippen molar-refractivity contribution < 1.29 is 9.50 Å². The quantitative estimate of drug-likeness (QED) is 0.820. The van der Waals surface area contributed by atoms with Gasteiger partial charge in [0.25, 0.3) is 0 Å². The van der Waals surface area contributed by atoms with Gasteiger partial charge >= 0.3 is 0 Å². The second-order valence-electron chi connectivity index (χ2n) is 6.73. The van der Waals surface area contributed by atoms with Gasteiger partial charge in [-0.25, -0.2) is 4.39 Å². The van der Waals surface area contributed by atoms with E-state index in [2.05, 4.69) is 35.1 Å². The molecule has 2 N–H and O–H groups in total. The minimum atomic E-state index is -0.953. The lowest BCUT2D eigenvalue weighted by Gasteiger charge is -2.45. The first-order valence-electron chi connectivity index (χ1n) is 7.28. The zero-order chi connectivity index (χ0) is 14.5. The van der Waals surface area contributed by atoms with Gasteiger partial charge in [0.1, 0.15) is 5.82 Å². The van der Waals surface area contributed by atoms with Crippen molar-refractivity contribution in [1.29, 1.82) is 0 Å². The minimum absolute atomic E-state index is 0.179. The topological polar surface area (TPSA) is 32.3 Å². The van der Waals surface area contributed by atoms with Crippen LogP contribution >= 0.6 is 15.9 Å². The van der Waals surface area contributed by atoms with Crippen molar-refractivity contribution in [3.63, 3.8) is 0 Å². The van der Waals surface area contributed by atoms with Gasteiger partial charge in [0.15, 0.2) is 0 Å². The van der Waals surface area contributed by atoms with Crippen molar-refractivity contribution in [3.8, 4) is 0 Å². The van der Waals surface area contributed by atoms with Crippen LogP contribution in [0, 0.1) is 17.2 Å². The number of hydrogen-bond acceptors (Lipinski definition) is 2. The minimum Gasteiger partial charge on any atom is -0.384 e. The fourth-order valence-corrected chi connectivity index (χ4v) is 4.76.